The number of carbonyl (C=O) groups is 3. The molecule has 340 valence electrons. The van der Waals surface area contributed by atoms with Crippen molar-refractivity contribution >= 4 is 40.4 Å². The van der Waals surface area contributed by atoms with Gasteiger partial charge in [0.15, 0.2) is 0 Å². The Morgan fingerprint density at radius 2 is 1.54 bits per heavy atom. The van der Waals surface area contributed by atoms with Gasteiger partial charge in [0.25, 0.3) is 0 Å². The number of aromatic nitrogens is 4. The summed E-state index contributed by atoms with van der Waals surface area (Å²) in [4.78, 5) is 53.9. The van der Waals surface area contributed by atoms with Crippen LogP contribution in [0.4, 0.5) is 25.4 Å². The first-order chi connectivity index (χ1) is 31.6. The number of hydrogen-bond donors (Lipinski definition) is 4. The number of pyridine rings is 1. The number of aryl methyl sites for hydroxylation is 1. The number of alkyl carbamates (subject to hydrolysis) is 1. The molecule has 2 atom stereocenters. The van der Waals surface area contributed by atoms with Gasteiger partial charge in [0.2, 0.25) is 5.43 Å². The van der Waals surface area contributed by atoms with Gasteiger partial charge in [-0.05, 0) is 80.1 Å². The van der Waals surface area contributed by atoms with E-state index in [1.54, 1.807) is 20.4 Å². The average molecular weight is 888 g/mol. The summed E-state index contributed by atoms with van der Waals surface area (Å²) in [6.45, 7) is 4.77. The Morgan fingerprint density at radius 1 is 0.862 bits per heavy atom. The molecule has 1 aliphatic rings. The fourth-order valence-electron chi connectivity index (χ4n) is 7.84. The number of unbranched alkanes of at least 4 members (excludes halogenated alkanes) is 1. The van der Waals surface area contributed by atoms with E-state index in [0.29, 0.717) is 63.4 Å². The Balaban J connectivity index is 0.925. The molecule has 4 aromatic carbocycles. The minimum Gasteiger partial charge on any atom is -0.477 e. The lowest BCUT2D eigenvalue weighted by Gasteiger charge is -2.35. The zero-order valence-electron chi connectivity index (χ0n) is 36.3. The number of anilines is 2. The van der Waals surface area contributed by atoms with Crippen molar-refractivity contribution in [2.24, 2.45) is 5.73 Å². The number of aromatic carboxylic acids is 1. The first-order valence-electron chi connectivity index (χ1n) is 21.8. The number of fused-ring (bicyclic) bond motifs is 1. The highest BCUT2D eigenvalue weighted by Gasteiger charge is 2.26. The molecule has 1 fully saturated rings. The van der Waals surface area contributed by atoms with Crippen molar-refractivity contribution in [3.63, 3.8) is 0 Å². The molecule has 1 saturated heterocycles. The van der Waals surface area contributed by atoms with E-state index in [2.05, 4.69) is 20.9 Å². The van der Waals surface area contributed by atoms with Crippen LogP contribution in [0.25, 0.3) is 10.9 Å². The molecule has 6 aromatic rings. The van der Waals surface area contributed by atoms with Crippen LogP contribution in [0.1, 0.15) is 71.0 Å². The van der Waals surface area contributed by atoms with Crippen LogP contribution in [0.2, 0.25) is 0 Å². The largest absolute Gasteiger partial charge is 0.477 e. The lowest BCUT2D eigenvalue weighted by molar-refractivity contribution is 0.0694. The van der Waals surface area contributed by atoms with Crippen molar-refractivity contribution in [1.29, 1.82) is 0 Å². The molecular weight excluding hydrogens is 834 g/mol. The molecule has 0 bridgehead atoms. The summed E-state index contributed by atoms with van der Waals surface area (Å²) < 4.78 is 30.0. The van der Waals surface area contributed by atoms with E-state index in [0.717, 1.165) is 47.7 Å². The van der Waals surface area contributed by atoms with E-state index in [1.165, 1.54) is 6.20 Å². The van der Waals surface area contributed by atoms with Crippen LogP contribution in [0.5, 0.6) is 0 Å². The SMILES string of the molecule is CCn1cc(C(=O)O)c(=O)c2cc(F)c(N3CCN(C(=O)OCc4ccc(NC[C@@H](CCCCN)n5cc([C@H](Cc6ccccc6)NC(=O)OCc6ccccc6)nn5)cc4)CC3)cc21. The van der Waals surface area contributed by atoms with Gasteiger partial charge in [-0.25, -0.2) is 23.5 Å². The van der Waals surface area contributed by atoms with Gasteiger partial charge in [0.05, 0.1) is 29.5 Å². The van der Waals surface area contributed by atoms with Gasteiger partial charge < -0.3 is 45.3 Å². The van der Waals surface area contributed by atoms with E-state index in [-0.39, 0.29) is 30.3 Å². The second-order valence-electron chi connectivity index (χ2n) is 15.9. The molecular formula is C48H54FN9O7. The number of piperazine rings is 1. The molecule has 0 aliphatic carbocycles. The van der Waals surface area contributed by atoms with Crippen LogP contribution in [-0.4, -0.2) is 87.0 Å². The Hall–Kier alpha value is -7.27. The minimum absolute atomic E-state index is 0.00141. The molecule has 0 saturated carbocycles. The molecule has 3 heterocycles. The van der Waals surface area contributed by atoms with E-state index in [9.17, 15) is 24.3 Å². The molecule has 0 unspecified atom stereocenters. The number of hydrogen-bond acceptors (Lipinski definition) is 11. The zero-order valence-corrected chi connectivity index (χ0v) is 36.3. The van der Waals surface area contributed by atoms with Crippen molar-refractivity contribution in [3.8, 4) is 0 Å². The van der Waals surface area contributed by atoms with Crippen molar-refractivity contribution in [1.82, 2.24) is 29.8 Å². The van der Waals surface area contributed by atoms with E-state index >= 15 is 4.39 Å². The maximum Gasteiger partial charge on any atom is 0.410 e. The number of nitrogens with zero attached hydrogens (tertiary/aromatic N) is 6. The van der Waals surface area contributed by atoms with Crippen LogP contribution in [-0.2, 0) is 35.7 Å². The summed E-state index contributed by atoms with van der Waals surface area (Å²) in [7, 11) is 0. The number of amides is 2. The molecule has 17 heteroatoms. The van der Waals surface area contributed by atoms with Crippen LogP contribution in [0.15, 0.2) is 114 Å². The molecule has 65 heavy (non-hydrogen) atoms. The first kappa shape index (κ1) is 45.7. The van der Waals surface area contributed by atoms with Gasteiger partial charge in [0, 0.05) is 56.5 Å². The molecule has 2 aromatic heterocycles. The third-order valence-electron chi connectivity index (χ3n) is 11.5. The van der Waals surface area contributed by atoms with E-state index < -0.39 is 41.0 Å². The summed E-state index contributed by atoms with van der Waals surface area (Å²) >= 11 is 0. The van der Waals surface area contributed by atoms with Crippen molar-refractivity contribution in [2.75, 3.05) is 49.5 Å². The standard InChI is InChI=1S/C48H54FN9O7/c1-2-55-29-39(46(60)61)45(59)38-26-40(49)44(27-43(38)55)56-21-23-57(24-22-56)48(63)65-32-35-16-18-36(19-17-35)51-28-37(15-9-10-20-50)58-30-42(53-54-58)41(25-33-11-5-3-6-12-33)52-47(62)64-31-34-13-7-4-8-14-34/h3-8,11-14,16-19,26-27,29-30,37,41,51H,2,9-10,15,20-25,28,31-32,50H2,1H3,(H,52,62)(H,60,61)/t37-,41+/m1/s1. The Labute approximate surface area is 375 Å². The highest BCUT2D eigenvalue weighted by molar-refractivity contribution is 5.93. The van der Waals surface area contributed by atoms with Gasteiger partial charge >= 0.3 is 18.2 Å². The second-order valence-corrected chi connectivity index (χ2v) is 15.9. The molecule has 2 amide bonds. The van der Waals surface area contributed by atoms with Crippen LogP contribution in [0.3, 0.4) is 0 Å². The number of halogens is 1. The predicted octanol–water partition coefficient (Wildman–Crippen LogP) is 6.90. The summed E-state index contributed by atoms with van der Waals surface area (Å²) in [5, 5.41) is 25.0. The minimum atomic E-state index is -1.37. The summed E-state index contributed by atoms with van der Waals surface area (Å²) in [6, 6.07) is 29.1. The Kier molecular flexibility index (Phi) is 15.4. The number of carbonyl (C=O) groups excluding carboxylic acids is 2. The van der Waals surface area contributed by atoms with Crippen molar-refractivity contribution in [2.45, 2.75) is 64.4 Å². The quantitative estimate of drug-likeness (QED) is 0.0615. The van der Waals surface area contributed by atoms with Gasteiger partial charge in [-0.3, -0.25) is 4.79 Å². The van der Waals surface area contributed by atoms with Gasteiger partial charge in [-0.15, -0.1) is 5.10 Å². The van der Waals surface area contributed by atoms with Crippen molar-refractivity contribution < 1.29 is 33.4 Å². The predicted molar refractivity (Wildman–Crippen MR) is 244 cm³/mol. The topological polar surface area (TPSA) is 199 Å². The smallest absolute Gasteiger partial charge is 0.410 e. The highest BCUT2D eigenvalue weighted by Crippen LogP contribution is 2.27. The molecule has 7 rings (SSSR count). The van der Waals surface area contributed by atoms with Gasteiger partial charge in [-0.1, -0.05) is 78.0 Å². The zero-order chi connectivity index (χ0) is 45.7. The summed E-state index contributed by atoms with van der Waals surface area (Å²) in [5.41, 5.74) is 9.59. The summed E-state index contributed by atoms with van der Waals surface area (Å²) in [5.74, 6) is -2.00. The maximum absolute atomic E-state index is 15.4. The van der Waals surface area contributed by atoms with Crippen LogP contribution >= 0.6 is 0 Å². The maximum atomic E-state index is 15.4. The third kappa shape index (κ3) is 11.9. The molecule has 0 radical (unpaired) electrons. The number of rotatable bonds is 19. The fraction of sp³-hybridized carbons (Fsp3) is 0.333. The molecule has 16 nitrogen and oxygen atoms in total. The van der Waals surface area contributed by atoms with Gasteiger partial charge in [0.1, 0.15) is 30.3 Å². The second kappa shape index (κ2) is 21.9. The number of nitrogens with two attached hydrogens (primary N) is 1. The lowest BCUT2D eigenvalue weighted by atomic mass is 10.0. The highest BCUT2D eigenvalue weighted by atomic mass is 19.1. The molecule has 1 aliphatic heterocycles. The van der Waals surface area contributed by atoms with Crippen LogP contribution in [0, 0.1) is 5.82 Å². The molecule has 0 spiro atoms. The normalized spacial score (nSPS) is 13.6. The summed E-state index contributed by atoms with van der Waals surface area (Å²) in [6.07, 6.45) is 5.15. The number of nitrogens with one attached hydrogen (secondary N) is 2. The Bertz CT molecular complexity index is 2600. The fourth-order valence-corrected chi connectivity index (χ4v) is 7.84. The monoisotopic (exact) mass is 887 g/mol. The number of benzene rings is 4. The van der Waals surface area contributed by atoms with Gasteiger partial charge in [-0.2, -0.15) is 0 Å². The van der Waals surface area contributed by atoms with Crippen LogP contribution < -0.4 is 26.7 Å². The third-order valence-corrected chi connectivity index (χ3v) is 11.5. The average Bonchev–Trinajstić information content (AvgIpc) is 3.82. The van der Waals surface area contributed by atoms with E-state index in [4.69, 9.17) is 15.2 Å². The Morgan fingerprint density at radius 3 is 2.22 bits per heavy atom. The lowest BCUT2D eigenvalue weighted by Crippen LogP contribution is -2.49. The first-order valence-corrected chi connectivity index (χ1v) is 21.8. The van der Waals surface area contributed by atoms with Crippen molar-refractivity contribution in [3.05, 3.63) is 153 Å². The number of ether oxygens (including phenoxy) is 2. The van der Waals surface area contributed by atoms with E-state index in [1.807, 2.05) is 103 Å². The number of carboxylic acids is 1. The number of carboxylic acid groups (broad SMARTS) is 1. The molecule has 5 N–H and O–H groups in total.